The van der Waals surface area contributed by atoms with Gasteiger partial charge in [-0.15, -0.1) is 0 Å². The van der Waals surface area contributed by atoms with Crippen molar-refractivity contribution in [2.75, 3.05) is 13.2 Å². The van der Waals surface area contributed by atoms with E-state index in [1.54, 1.807) is 0 Å². The zero-order valence-electron chi connectivity index (χ0n) is 38.6. The Kier molecular flexibility index (Phi) is 45.4. The standard InChI is InChI=1S/C52H94O6/c1-4-7-10-13-16-19-22-25-26-27-28-31-33-36-39-42-45-51(54)57-48-49(58-52(55)46-43-40-37-34-30-24-21-18-15-12-9-6-3)47-56-50(53)44-41-38-35-32-29-23-20-17-14-11-8-5-2/h18-19,21-22,26-27,49H,4-17,20,23-25,28-48H2,1-3H3/b21-18-,22-19-,27-26-. The predicted molar refractivity (Wildman–Crippen MR) is 247 cm³/mol. The van der Waals surface area contributed by atoms with Crippen molar-refractivity contribution in [2.45, 2.75) is 264 Å². The first-order chi connectivity index (χ1) is 28.5. The maximum absolute atomic E-state index is 12.7. The topological polar surface area (TPSA) is 78.9 Å². The van der Waals surface area contributed by atoms with Crippen molar-refractivity contribution < 1.29 is 28.6 Å². The summed E-state index contributed by atoms with van der Waals surface area (Å²) in [5.41, 5.74) is 0. The van der Waals surface area contributed by atoms with Gasteiger partial charge >= 0.3 is 17.9 Å². The Morgan fingerprint density at radius 2 is 0.621 bits per heavy atom. The molecule has 0 aromatic carbocycles. The first kappa shape index (κ1) is 55.6. The third-order valence-electron chi connectivity index (χ3n) is 10.9. The molecule has 0 fully saturated rings. The first-order valence-electron chi connectivity index (χ1n) is 25.0. The molecule has 0 aliphatic rings. The summed E-state index contributed by atoms with van der Waals surface area (Å²) in [7, 11) is 0. The molecule has 0 radical (unpaired) electrons. The normalized spacial score (nSPS) is 12.3. The zero-order valence-corrected chi connectivity index (χ0v) is 38.6. The van der Waals surface area contributed by atoms with Crippen LogP contribution in [-0.4, -0.2) is 37.2 Å². The first-order valence-corrected chi connectivity index (χ1v) is 25.0. The predicted octanol–water partition coefficient (Wildman–Crippen LogP) is 16.1. The summed E-state index contributed by atoms with van der Waals surface area (Å²) >= 11 is 0. The largest absolute Gasteiger partial charge is 0.462 e. The average molecular weight is 815 g/mol. The van der Waals surface area contributed by atoms with Crippen LogP contribution in [0.1, 0.15) is 258 Å². The highest BCUT2D eigenvalue weighted by atomic mass is 16.6. The molecule has 0 aromatic heterocycles. The van der Waals surface area contributed by atoms with E-state index in [-0.39, 0.29) is 31.1 Å². The molecule has 0 N–H and O–H groups in total. The maximum Gasteiger partial charge on any atom is 0.306 e. The second-order valence-corrected chi connectivity index (χ2v) is 16.7. The number of ether oxygens (including phenoxy) is 3. The van der Waals surface area contributed by atoms with E-state index < -0.39 is 6.10 Å². The molecule has 338 valence electrons. The van der Waals surface area contributed by atoms with Gasteiger partial charge in [0.15, 0.2) is 6.10 Å². The number of allylic oxidation sites excluding steroid dienone is 6. The highest BCUT2D eigenvalue weighted by Crippen LogP contribution is 2.15. The van der Waals surface area contributed by atoms with E-state index in [1.807, 2.05) is 0 Å². The SMILES string of the molecule is CCCCC/C=C\CCCCCCCC(=O)OC(COC(=O)CCCCCCC/C=C\C/C=C\CCCCCC)COC(=O)CCCCCCCCCCCCCC. The Balaban J connectivity index is 4.38. The van der Waals surface area contributed by atoms with Gasteiger partial charge < -0.3 is 14.2 Å². The van der Waals surface area contributed by atoms with Gasteiger partial charge in [-0.05, 0) is 77.0 Å². The average Bonchev–Trinajstić information content (AvgIpc) is 3.22. The monoisotopic (exact) mass is 815 g/mol. The molecule has 6 nitrogen and oxygen atoms in total. The number of carbonyl (C=O) groups is 3. The van der Waals surface area contributed by atoms with E-state index in [1.165, 1.54) is 128 Å². The number of esters is 3. The quantitative estimate of drug-likeness (QED) is 0.0264. The van der Waals surface area contributed by atoms with Crippen molar-refractivity contribution in [1.29, 1.82) is 0 Å². The van der Waals surface area contributed by atoms with Gasteiger partial charge in [0.25, 0.3) is 0 Å². The van der Waals surface area contributed by atoms with Gasteiger partial charge in [-0.2, -0.15) is 0 Å². The molecular formula is C52H94O6. The molecule has 0 rings (SSSR count). The summed E-state index contributed by atoms with van der Waals surface area (Å²) in [5.74, 6) is -0.894. The van der Waals surface area contributed by atoms with Crippen LogP contribution in [-0.2, 0) is 28.6 Å². The number of carbonyl (C=O) groups excluding carboxylic acids is 3. The van der Waals surface area contributed by atoms with E-state index >= 15 is 0 Å². The van der Waals surface area contributed by atoms with Crippen molar-refractivity contribution in [3.63, 3.8) is 0 Å². The molecule has 0 aliphatic heterocycles. The number of hydrogen-bond donors (Lipinski definition) is 0. The van der Waals surface area contributed by atoms with Gasteiger partial charge in [-0.3, -0.25) is 14.4 Å². The second kappa shape index (κ2) is 47.3. The molecule has 0 aliphatic carbocycles. The fourth-order valence-corrected chi connectivity index (χ4v) is 7.05. The molecule has 0 spiro atoms. The van der Waals surface area contributed by atoms with Crippen LogP contribution in [0.15, 0.2) is 36.5 Å². The fourth-order valence-electron chi connectivity index (χ4n) is 7.05. The summed E-state index contributed by atoms with van der Waals surface area (Å²) < 4.78 is 16.7. The van der Waals surface area contributed by atoms with E-state index in [0.717, 1.165) is 89.9 Å². The molecule has 0 saturated heterocycles. The molecule has 1 unspecified atom stereocenters. The van der Waals surface area contributed by atoms with Gasteiger partial charge in [0.1, 0.15) is 13.2 Å². The zero-order chi connectivity index (χ0) is 42.3. The Morgan fingerprint density at radius 3 is 1.02 bits per heavy atom. The molecule has 0 saturated carbocycles. The Hall–Kier alpha value is -2.37. The smallest absolute Gasteiger partial charge is 0.306 e. The highest BCUT2D eigenvalue weighted by molar-refractivity contribution is 5.71. The van der Waals surface area contributed by atoms with Crippen molar-refractivity contribution in [3.8, 4) is 0 Å². The minimum absolute atomic E-state index is 0.0775. The van der Waals surface area contributed by atoms with Crippen LogP contribution in [0.25, 0.3) is 0 Å². The molecule has 6 heteroatoms. The highest BCUT2D eigenvalue weighted by Gasteiger charge is 2.19. The Morgan fingerprint density at radius 1 is 0.345 bits per heavy atom. The summed E-state index contributed by atoms with van der Waals surface area (Å²) in [5, 5.41) is 0. The van der Waals surface area contributed by atoms with Gasteiger partial charge in [0, 0.05) is 19.3 Å². The van der Waals surface area contributed by atoms with Crippen LogP contribution in [0.2, 0.25) is 0 Å². The van der Waals surface area contributed by atoms with E-state index in [4.69, 9.17) is 14.2 Å². The summed E-state index contributed by atoms with van der Waals surface area (Å²) in [4.78, 5) is 37.9. The molecular weight excluding hydrogens is 721 g/mol. The minimum atomic E-state index is -0.777. The number of unbranched alkanes of at least 4 members (excludes halogenated alkanes) is 28. The maximum atomic E-state index is 12.7. The summed E-state index contributed by atoms with van der Waals surface area (Å²) in [6, 6.07) is 0. The molecule has 0 bridgehead atoms. The van der Waals surface area contributed by atoms with Crippen molar-refractivity contribution in [2.24, 2.45) is 0 Å². The molecule has 0 aromatic rings. The number of hydrogen-bond acceptors (Lipinski definition) is 6. The minimum Gasteiger partial charge on any atom is -0.462 e. The van der Waals surface area contributed by atoms with Crippen LogP contribution in [0, 0.1) is 0 Å². The Bertz CT molecular complexity index is 984. The molecule has 1 atom stereocenters. The second-order valence-electron chi connectivity index (χ2n) is 16.7. The van der Waals surface area contributed by atoms with Gasteiger partial charge in [-0.1, -0.05) is 198 Å². The lowest BCUT2D eigenvalue weighted by Crippen LogP contribution is -2.30. The van der Waals surface area contributed by atoms with E-state index in [2.05, 4.69) is 57.2 Å². The van der Waals surface area contributed by atoms with Crippen LogP contribution >= 0.6 is 0 Å². The summed E-state index contributed by atoms with van der Waals surface area (Å²) in [6.45, 7) is 6.58. The molecule has 0 heterocycles. The molecule has 58 heavy (non-hydrogen) atoms. The van der Waals surface area contributed by atoms with Crippen molar-refractivity contribution in [1.82, 2.24) is 0 Å². The van der Waals surface area contributed by atoms with E-state index in [9.17, 15) is 14.4 Å². The van der Waals surface area contributed by atoms with Crippen LogP contribution in [0.4, 0.5) is 0 Å². The lowest BCUT2D eigenvalue weighted by Gasteiger charge is -2.18. The van der Waals surface area contributed by atoms with Crippen molar-refractivity contribution in [3.05, 3.63) is 36.5 Å². The van der Waals surface area contributed by atoms with E-state index in [0.29, 0.717) is 19.3 Å². The van der Waals surface area contributed by atoms with Gasteiger partial charge in [0.2, 0.25) is 0 Å². The van der Waals surface area contributed by atoms with Crippen LogP contribution in [0.3, 0.4) is 0 Å². The lowest BCUT2D eigenvalue weighted by atomic mass is 10.0. The van der Waals surface area contributed by atoms with Crippen LogP contribution < -0.4 is 0 Å². The van der Waals surface area contributed by atoms with Crippen molar-refractivity contribution >= 4 is 17.9 Å². The third kappa shape index (κ3) is 44.7. The third-order valence-corrected chi connectivity index (χ3v) is 10.9. The fraction of sp³-hybridized carbons (Fsp3) is 0.827. The van der Waals surface area contributed by atoms with Gasteiger partial charge in [0.05, 0.1) is 0 Å². The van der Waals surface area contributed by atoms with Crippen LogP contribution in [0.5, 0.6) is 0 Å². The lowest BCUT2D eigenvalue weighted by molar-refractivity contribution is -0.167. The summed E-state index contributed by atoms with van der Waals surface area (Å²) in [6.07, 6.45) is 54.0. The Labute approximate surface area is 359 Å². The molecule has 0 amide bonds. The van der Waals surface area contributed by atoms with Gasteiger partial charge in [-0.25, -0.2) is 0 Å². The number of rotatable bonds is 45.